The number of benzene rings is 1. The summed E-state index contributed by atoms with van der Waals surface area (Å²) in [5.74, 6) is -0.219. The number of ketones is 1. The summed E-state index contributed by atoms with van der Waals surface area (Å²) in [4.78, 5) is 28.1. The highest BCUT2D eigenvalue weighted by Crippen LogP contribution is 2.42. The number of aliphatic hydroxyl groups is 1. The van der Waals surface area contributed by atoms with Crippen molar-refractivity contribution in [3.63, 3.8) is 0 Å². The first-order valence-corrected chi connectivity index (χ1v) is 9.86. The number of ether oxygens (including phenoxy) is 3. The zero-order chi connectivity index (χ0) is 21.0. The lowest BCUT2D eigenvalue weighted by Crippen LogP contribution is -3.14. The molecule has 0 radical (unpaired) electrons. The van der Waals surface area contributed by atoms with Crippen LogP contribution in [0.1, 0.15) is 24.9 Å². The molecule has 0 aliphatic carbocycles. The summed E-state index contributed by atoms with van der Waals surface area (Å²) < 4.78 is 16.1. The number of hydrogen-bond donors (Lipinski definition) is 2. The number of morpholine rings is 1. The first kappa shape index (κ1) is 21.1. The van der Waals surface area contributed by atoms with Gasteiger partial charge in [-0.15, -0.1) is 0 Å². The summed E-state index contributed by atoms with van der Waals surface area (Å²) in [5.41, 5.74) is 0.756. The van der Waals surface area contributed by atoms with Gasteiger partial charge in [0, 0.05) is 24.6 Å². The van der Waals surface area contributed by atoms with Crippen LogP contribution in [0.25, 0.3) is 0 Å². The number of Topliss-reactive ketones (excluding diaryl/α,β-unsaturated/α-hetero) is 1. The summed E-state index contributed by atoms with van der Waals surface area (Å²) in [7, 11) is 3.08. The molecule has 3 rings (SSSR count). The number of aliphatic hydroxyl groups excluding tert-OH is 1. The van der Waals surface area contributed by atoms with Crippen LogP contribution in [0.2, 0.25) is 0 Å². The number of amides is 1. The molecule has 8 heteroatoms. The van der Waals surface area contributed by atoms with Crippen molar-refractivity contribution in [1.29, 1.82) is 0 Å². The third kappa shape index (κ3) is 4.38. The van der Waals surface area contributed by atoms with E-state index in [-0.39, 0.29) is 11.4 Å². The van der Waals surface area contributed by atoms with E-state index < -0.39 is 17.7 Å². The van der Waals surface area contributed by atoms with Crippen LogP contribution in [0.15, 0.2) is 29.5 Å². The van der Waals surface area contributed by atoms with Crippen LogP contribution in [0.3, 0.4) is 0 Å². The van der Waals surface area contributed by atoms with Crippen LogP contribution in [0.4, 0.5) is 0 Å². The molecule has 0 spiro atoms. The predicted octanol–water partition coefficient (Wildman–Crippen LogP) is 0.293. The molecular formula is C21H29N2O6+. The van der Waals surface area contributed by atoms with Gasteiger partial charge in [-0.3, -0.25) is 9.59 Å². The highest BCUT2D eigenvalue weighted by Gasteiger charge is 2.43. The Bertz CT molecular complexity index is 800. The highest BCUT2D eigenvalue weighted by molar-refractivity contribution is 6.08. The largest absolute Gasteiger partial charge is 0.503 e. The minimum atomic E-state index is -0.680. The number of rotatable bonds is 8. The zero-order valence-electron chi connectivity index (χ0n) is 17.2. The Labute approximate surface area is 170 Å². The van der Waals surface area contributed by atoms with Gasteiger partial charge in [-0.25, -0.2) is 0 Å². The molecule has 2 aliphatic rings. The summed E-state index contributed by atoms with van der Waals surface area (Å²) in [6.07, 6.45) is 0.758. The molecule has 1 saturated heterocycles. The summed E-state index contributed by atoms with van der Waals surface area (Å²) in [6, 6.07) is 4.56. The first-order chi connectivity index (χ1) is 14.0. The quantitative estimate of drug-likeness (QED) is 0.646. The van der Waals surface area contributed by atoms with E-state index in [1.165, 1.54) is 18.9 Å². The van der Waals surface area contributed by atoms with Gasteiger partial charge in [0.1, 0.15) is 24.6 Å². The normalized spacial score (nSPS) is 20.3. The molecule has 2 heterocycles. The molecule has 2 N–H and O–H groups in total. The molecule has 0 aromatic heterocycles. The van der Waals surface area contributed by atoms with Crippen molar-refractivity contribution in [3.05, 3.63) is 35.1 Å². The van der Waals surface area contributed by atoms with Crippen molar-refractivity contribution < 1.29 is 33.8 Å². The Hall–Kier alpha value is -2.58. The van der Waals surface area contributed by atoms with Gasteiger partial charge in [-0.05, 0) is 19.1 Å². The number of nitrogens with zero attached hydrogens (tertiary/aromatic N) is 1. The molecule has 1 aromatic carbocycles. The molecule has 0 saturated carbocycles. The molecular weight excluding hydrogens is 376 g/mol. The summed E-state index contributed by atoms with van der Waals surface area (Å²) >= 11 is 0. The minimum Gasteiger partial charge on any atom is -0.503 e. The second-order valence-corrected chi connectivity index (χ2v) is 7.29. The topological polar surface area (TPSA) is 89.7 Å². The van der Waals surface area contributed by atoms with Crippen molar-refractivity contribution >= 4 is 11.7 Å². The Kier molecular flexibility index (Phi) is 6.76. The monoisotopic (exact) mass is 405 g/mol. The summed E-state index contributed by atoms with van der Waals surface area (Å²) in [5, 5.41) is 10.4. The van der Waals surface area contributed by atoms with E-state index in [4.69, 9.17) is 14.2 Å². The minimum absolute atomic E-state index is 0.109. The van der Waals surface area contributed by atoms with E-state index in [0.29, 0.717) is 23.6 Å². The maximum absolute atomic E-state index is 12.8. The van der Waals surface area contributed by atoms with E-state index in [1.807, 2.05) is 0 Å². The lowest BCUT2D eigenvalue weighted by atomic mass is 9.95. The van der Waals surface area contributed by atoms with Crippen molar-refractivity contribution in [3.8, 4) is 11.5 Å². The molecule has 1 fully saturated rings. The molecule has 1 amide bonds. The van der Waals surface area contributed by atoms with Gasteiger partial charge in [-0.1, -0.05) is 0 Å². The Morgan fingerprint density at radius 3 is 2.62 bits per heavy atom. The number of methoxy groups -OCH3 is 2. The van der Waals surface area contributed by atoms with Gasteiger partial charge in [0.05, 0.1) is 45.6 Å². The fraction of sp³-hybridized carbons (Fsp3) is 0.524. The smallest absolute Gasteiger partial charge is 0.290 e. The molecule has 0 bridgehead atoms. The van der Waals surface area contributed by atoms with Crippen LogP contribution < -0.4 is 14.4 Å². The van der Waals surface area contributed by atoms with Crippen LogP contribution >= 0.6 is 0 Å². The van der Waals surface area contributed by atoms with Crippen molar-refractivity contribution in [2.24, 2.45) is 0 Å². The molecule has 158 valence electrons. The maximum atomic E-state index is 12.8. The van der Waals surface area contributed by atoms with Crippen LogP contribution in [-0.2, 0) is 14.3 Å². The molecule has 2 aliphatic heterocycles. The predicted molar refractivity (Wildman–Crippen MR) is 105 cm³/mol. The molecule has 1 aromatic rings. The van der Waals surface area contributed by atoms with Gasteiger partial charge in [0.25, 0.3) is 5.91 Å². The first-order valence-electron chi connectivity index (χ1n) is 9.86. The van der Waals surface area contributed by atoms with Gasteiger partial charge in [0.15, 0.2) is 11.5 Å². The average Bonchev–Trinajstić information content (AvgIpc) is 2.99. The van der Waals surface area contributed by atoms with E-state index in [9.17, 15) is 14.7 Å². The van der Waals surface area contributed by atoms with Crippen LogP contribution in [0, 0.1) is 0 Å². The third-order valence-electron chi connectivity index (χ3n) is 5.55. The van der Waals surface area contributed by atoms with Crippen LogP contribution in [0.5, 0.6) is 11.5 Å². The van der Waals surface area contributed by atoms with Gasteiger partial charge in [-0.2, -0.15) is 0 Å². The standard InChI is InChI=1S/C21H28N2O6/c1-14(24)18-19(16-6-5-15(27-2)13-17(16)28-3)23(21(26)20(18)25)8-4-7-22-9-11-29-12-10-22/h5-6,13,19,25H,4,7-12H2,1-3H3/p+1/t19-/m0/s1. The average molecular weight is 405 g/mol. The SMILES string of the molecule is COc1ccc([C@H]2C(C(C)=O)=C(O)C(=O)N2CCC[NH+]2CCOCC2)c(OC)c1. The van der Waals surface area contributed by atoms with E-state index in [0.717, 1.165) is 39.3 Å². The van der Waals surface area contributed by atoms with Crippen molar-refractivity contribution in [2.45, 2.75) is 19.4 Å². The lowest BCUT2D eigenvalue weighted by Gasteiger charge is -2.29. The number of carbonyl (C=O) groups is 2. The van der Waals surface area contributed by atoms with Crippen molar-refractivity contribution in [2.75, 3.05) is 53.6 Å². The molecule has 0 unspecified atom stereocenters. The number of nitrogens with one attached hydrogen (secondary N) is 1. The summed E-state index contributed by atoms with van der Waals surface area (Å²) in [6.45, 7) is 6.10. The third-order valence-corrected chi connectivity index (χ3v) is 5.55. The second-order valence-electron chi connectivity index (χ2n) is 7.29. The highest BCUT2D eigenvalue weighted by atomic mass is 16.5. The second kappa shape index (κ2) is 9.28. The van der Waals surface area contributed by atoms with Crippen molar-refractivity contribution in [1.82, 2.24) is 4.90 Å². The number of carbonyl (C=O) groups excluding carboxylic acids is 2. The van der Waals surface area contributed by atoms with Gasteiger partial charge >= 0.3 is 0 Å². The van der Waals surface area contributed by atoms with E-state index in [1.54, 1.807) is 30.2 Å². The lowest BCUT2D eigenvalue weighted by molar-refractivity contribution is -0.908. The molecule has 8 nitrogen and oxygen atoms in total. The zero-order valence-corrected chi connectivity index (χ0v) is 17.2. The van der Waals surface area contributed by atoms with Gasteiger partial charge < -0.3 is 29.1 Å². The maximum Gasteiger partial charge on any atom is 0.290 e. The van der Waals surface area contributed by atoms with E-state index in [2.05, 4.69) is 0 Å². The fourth-order valence-corrected chi connectivity index (χ4v) is 4.02. The molecule has 29 heavy (non-hydrogen) atoms. The Morgan fingerprint density at radius 1 is 1.28 bits per heavy atom. The number of quaternary nitrogens is 1. The van der Waals surface area contributed by atoms with E-state index >= 15 is 0 Å². The van der Waals surface area contributed by atoms with Gasteiger partial charge in [0.2, 0.25) is 0 Å². The Morgan fingerprint density at radius 2 is 2.00 bits per heavy atom. The fourth-order valence-electron chi connectivity index (χ4n) is 4.02. The molecule has 1 atom stereocenters. The Balaban J connectivity index is 1.86. The van der Waals surface area contributed by atoms with Crippen LogP contribution in [-0.4, -0.2) is 75.3 Å². The number of hydrogen-bond acceptors (Lipinski definition) is 6.